The van der Waals surface area contributed by atoms with Crippen LogP contribution in [0, 0.1) is 12.7 Å². The van der Waals surface area contributed by atoms with Crippen molar-refractivity contribution in [3.63, 3.8) is 0 Å². The minimum atomic E-state index is -0.461. The first kappa shape index (κ1) is 13.1. The molecule has 0 aliphatic carbocycles. The van der Waals surface area contributed by atoms with E-state index >= 15 is 0 Å². The molecule has 0 atom stereocenters. The second-order valence-corrected chi connectivity index (χ2v) is 5.05. The first-order chi connectivity index (χ1) is 8.54. The lowest BCUT2D eigenvalue weighted by Crippen LogP contribution is -2.01. The molecule has 0 saturated carbocycles. The molecule has 0 fully saturated rings. The zero-order valence-electron chi connectivity index (χ0n) is 9.79. The van der Waals surface area contributed by atoms with Crippen LogP contribution in [0.25, 0.3) is 11.1 Å². The van der Waals surface area contributed by atoms with Crippen LogP contribution >= 0.6 is 22.9 Å². The van der Waals surface area contributed by atoms with Gasteiger partial charge in [0.2, 0.25) is 0 Å². The number of rotatable bonds is 2. The van der Waals surface area contributed by atoms with Crippen molar-refractivity contribution in [3.05, 3.63) is 44.9 Å². The van der Waals surface area contributed by atoms with Gasteiger partial charge in [-0.25, -0.2) is 9.18 Å². The van der Waals surface area contributed by atoms with Gasteiger partial charge in [0.05, 0.1) is 7.11 Å². The summed E-state index contributed by atoms with van der Waals surface area (Å²) in [6.45, 7) is 1.83. The highest BCUT2D eigenvalue weighted by Gasteiger charge is 2.20. The highest BCUT2D eigenvalue weighted by molar-refractivity contribution is 7.12. The number of methoxy groups -OCH3 is 1. The molecule has 0 aliphatic rings. The molecule has 0 N–H and O–H groups in total. The number of benzene rings is 1. The van der Waals surface area contributed by atoms with E-state index in [1.54, 1.807) is 17.5 Å². The second kappa shape index (κ2) is 5.08. The summed E-state index contributed by atoms with van der Waals surface area (Å²) < 4.78 is 18.6. The molecule has 0 unspecified atom stereocenters. The fraction of sp³-hybridized carbons (Fsp3) is 0.154. The number of hydrogen-bond acceptors (Lipinski definition) is 3. The summed E-state index contributed by atoms with van der Waals surface area (Å²) in [5, 5.41) is 2.12. The Bertz CT molecular complexity index is 607. The Morgan fingerprint density at radius 1 is 1.44 bits per heavy atom. The van der Waals surface area contributed by atoms with Crippen molar-refractivity contribution in [1.29, 1.82) is 0 Å². The standard InChI is InChI=1S/C13H10ClFO2S/c1-7-6-18-12(13(16)17-2)11(7)9-4-3-8(14)5-10(9)15/h3-6H,1-2H3. The van der Waals surface area contributed by atoms with E-state index in [1.165, 1.54) is 24.5 Å². The average Bonchev–Trinajstić information content (AvgIpc) is 2.70. The number of carbonyl (C=O) groups is 1. The average molecular weight is 285 g/mol. The van der Waals surface area contributed by atoms with Gasteiger partial charge in [0.1, 0.15) is 10.7 Å². The number of hydrogen-bond donors (Lipinski definition) is 0. The highest BCUT2D eigenvalue weighted by Crippen LogP contribution is 2.35. The Hall–Kier alpha value is -1.39. The van der Waals surface area contributed by atoms with E-state index in [0.29, 0.717) is 21.0 Å². The van der Waals surface area contributed by atoms with Gasteiger partial charge in [-0.3, -0.25) is 0 Å². The summed E-state index contributed by atoms with van der Waals surface area (Å²) in [5.41, 5.74) is 1.76. The van der Waals surface area contributed by atoms with Crippen molar-refractivity contribution in [2.75, 3.05) is 7.11 Å². The van der Waals surface area contributed by atoms with Crippen LogP contribution < -0.4 is 0 Å². The van der Waals surface area contributed by atoms with Crippen LogP contribution in [0.1, 0.15) is 15.2 Å². The Balaban J connectivity index is 2.63. The molecule has 2 nitrogen and oxygen atoms in total. The molecule has 0 radical (unpaired) electrons. The number of thiophene rings is 1. The largest absolute Gasteiger partial charge is 0.465 e. The Labute approximate surface area is 113 Å². The monoisotopic (exact) mass is 284 g/mol. The maximum absolute atomic E-state index is 13.9. The Morgan fingerprint density at radius 2 is 2.17 bits per heavy atom. The Kier molecular flexibility index (Phi) is 3.68. The number of carbonyl (C=O) groups excluding carboxylic acids is 1. The topological polar surface area (TPSA) is 26.3 Å². The molecule has 94 valence electrons. The van der Waals surface area contributed by atoms with Crippen LogP contribution in [-0.4, -0.2) is 13.1 Å². The minimum absolute atomic E-state index is 0.323. The first-order valence-corrected chi connectivity index (χ1v) is 6.42. The summed E-state index contributed by atoms with van der Waals surface area (Å²) in [4.78, 5) is 12.0. The van der Waals surface area contributed by atoms with E-state index in [0.717, 1.165) is 5.56 Å². The molecule has 2 rings (SSSR count). The van der Waals surface area contributed by atoms with Crippen LogP contribution in [-0.2, 0) is 4.74 Å². The van der Waals surface area contributed by atoms with Gasteiger partial charge < -0.3 is 4.74 Å². The van der Waals surface area contributed by atoms with Crippen molar-refractivity contribution in [2.45, 2.75) is 6.92 Å². The summed E-state index contributed by atoms with van der Waals surface area (Å²) in [7, 11) is 1.30. The van der Waals surface area contributed by atoms with Crippen LogP contribution in [0.2, 0.25) is 5.02 Å². The minimum Gasteiger partial charge on any atom is -0.465 e. The predicted octanol–water partition coefficient (Wildman–Crippen LogP) is 4.30. The van der Waals surface area contributed by atoms with Crippen LogP contribution in [0.4, 0.5) is 4.39 Å². The molecular weight excluding hydrogens is 275 g/mol. The normalized spacial score (nSPS) is 10.4. The van der Waals surface area contributed by atoms with E-state index in [2.05, 4.69) is 0 Å². The van der Waals surface area contributed by atoms with Crippen LogP contribution in [0.5, 0.6) is 0 Å². The first-order valence-electron chi connectivity index (χ1n) is 5.16. The van der Waals surface area contributed by atoms with Crippen LogP contribution in [0.3, 0.4) is 0 Å². The van der Waals surface area contributed by atoms with E-state index < -0.39 is 11.8 Å². The zero-order chi connectivity index (χ0) is 13.3. The van der Waals surface area contributed by atoms with Gasteiger partial charge in [0, 0.05) is 16.1 Å². The van der Waals surface area contributed by atoms with Gasteiger partial charge >= 0.3 is 5.97 Å². The lowest BCUT2D eigenvalue weighted by molar-refractivity contribution is 0.0607. The molecule has 1 aromatic heterocycles. The number of halogens is 2. The van der Waals surface area contributed by atoms with Gasteiger partial charge in [-0.05, 0) is 36.1 Å². The van der Waals surface area contributed by atoms with Gasteiger partial charge in [0.15, 0.2) is 0 Å². The van der Waals surface area contributed by atoms with Gasteiger partial charge in [-0.1, -0.05) is 11.6 Å². The van der Waals surface area contributed by atoms with E-state index in [-0.39, 0.29) is 0 Å². The quantitative estimate of drug-likeness (QED) is 0.769. The molecule has 2 aromatic rings. The van der Waals surface area contributed by atoms with E-state index in [9.17, 15) is 9.18 Å². The Morgan fingerprint density at radius 3 is 2.78 bits per heavy atom. The molecule has 0 bridgehead atoms. The smallest absolute Gasteiger partial charge is 0.348 e. The molecule has 0 spiro atoms. The molecule has 1 aromatic carbocycles. The third-order valence-corrected chi connectivity index (χ3v) is 3.86. The number of aryl methyl sites for hydroxylation is 1. The third-order valence-electron chi connectivity index (χ3n) is 2.55. The molecule has 0 amide bonds. The van der Waals surface area contributed by atoms with Gasteiger partial charge in [-0.2, -0.15) is 0 Å². The maximum Gasteiger partial charge on any atom is 0.348 e. The van der Waals surface area contributed by atoms with E-state index in [4.69, 9.17) is 16.3 Å². The van der Waals surface area contributed by atoms with E-state index in [1.807, 2.05) is 6.92 Å². The molecular formula is C13H10ClFO2S. The zero-order valence-corrected chi connectivity index (χ0v) is 11.4. The summed E-state index contributed by atoms with van der Waals surface area (Å²) in [5.74, 6) is -0.911. The van der Waals surface area contributed by atoms with Crippen molar-refractivity contribution in [2.24, 2.45) is 0 Å². The van der Waals surface area contributed by atoms with Crippen molar-refractivity contribution >= 4 is 28.9 Å². The number of ether oxygens (including phenoxy) is 1. The molecule has 0 saturated heterocycles. The molecule has 0 aliphatic heterocycles. The molecule has 5 heteroatoms. The fourth-order valence-corrected chi connectivity index (χ4v) is 2.85. The van der Waals surface area contributed by atoms with Crippen molar-refractivity contribution < 1.29 is 13.9 Å². The second-order valence-electron chi connectivity index (χ2n) is 3.74. The maximum atomic E-state index is 13.9. The summed E-state index contributed by atoms with van der Waals surface area (Å²) in [6, 6.07) is 4.40. The van der Waals surface area contributed by atoms with Gasteiger partial charge in [0.25, 0.3) is 0 Å². The summed E-state index contributed by atoms with van der Waals surface area (Å²) >= 11 is 6.96. The third kappa shape index (κ3) is 2.26. The SMILES string of the molecule is COC(=O)c1scc(C)c1-c1ccc(Cl)cc1F. The van der Waals surface area contributed by atoms with Crippen molar-refractivity contribution in [3.8, 4) is 11.1 Å². The van der Waals surface area contributed by atoms with Crippen molar-refractivity contribution in [1.82, 2.24) is 0 Å². The lowest BCUT2D eigenvalue weighted by atomic mass is 10.0. The lowest BCUT2D eigenvalue weighted by Gasteiger charge is -2.06. The fourth-order valence-electron chi connectivity index (χ4n) is 1.71. The number of esters is 1. The predicted molar refractivity (Wildman–Crippen MR) is 70.8 cm³/mol. The molecule has 1 heterocycles. The van der Waals surface area contributed by atoms with Crippen LogP contribution in [0.15, 0.2) is 23.6 Å². The highest BCUT2D eigenvalue weighted by atomic mass is 35.5. The van der Waals surface area contributed by atoms with Gasteiger partial charge in [-0.15, -0.1) is 11.3 Å². The molecule has 18 heavy (non-hydrogen) atoms. The summed E-state index contributed by atoms with van der Waals surface area (Å²) in [6.07, 6.45) is 0.